The molecule has 0 spiro atoms. The van der Waals surface area contributed by atoms with Crippen LogP contribution in [0.25, 0.3) is 0 Å². The number of aromatic nitrogens is 2. The normalized spacial score (nSPS) is 25.0. The average molecular weight is 281 g/mol. The fourth-order valence-electron chi connectivity index (χ4n) is 2.94. The highest BCUT2D eigenvalue weighted by Crippen LogP contribution is 2.32. The minimum absolute atomic E-state index is 0.658. The van der Waals surface area contributed by atoms with E-state index in [4.69, 9.17) is 0 Å². The molecule has 3 nitrogen and oxygen atoms in total. The fourth-order valence-corrected chi connectivity index (χ4v) is 4.36. The summed E-state index contributed by atoms with van der Waals surface area (Å²) in [5.41, 5.74) is 1.12. The fraction of sp³-hybridized carbons (Fsp3) is 0.800. The van der Waals surface area contributed by atoms with E-state index in [-0.39, 0.29) is 0 Å². The van der Waals surface area contributed by atoms with Crippen molar-refractivity contribution in [2.24, 2.45) is 7.05 Å². The Labute approximate surface area is 121 Å². The minimum atomic E-state index is 0.658. The van der Waals surface area contributed by atoms with Gasteiger partial charge >= 0.3 is 0 Å². The van der Waals surface area contributed by atoms with Crippen LogP contribution in [-0.2, 0) is 7.05 Å². The van der Waals surface area contributed by atoms with Crippen LogP contribution in [0, 0.1) is 6.92 Å². The highest BCUT2D eigenvalue weighted by atomic mass is 32.2. The van der Waals surface area contributed by atoms with Gasteiger partial charge in [-0.15, -0.1) is 11.8 Å². The quantitative estimate of drug-likeness (QED) is 0.916. The Kier molecular flexibility index (Phi) is 5.76. The van der Waals surface area contributed by atoms with Crippen LogP contribution >= 0.6 is 11.8 Å². The van der Waals surface area contributed by atoms with E-state index in [2.05, 4.69) is 37.4 Å². The molecule has 0 radical (unpaired) electrons. The molecule has 0 amide bonds. The second kappa shape index (κ2) is 7.34. The van der Waals surface area contributed by atoms with Crippen molar-refractivity contribution in [2.75, 3.05) is 6.54 Å². The maximum absolute atomic E-state index is 4.46. The van der Waals surface area contributed by atoms with Crippen molar-refractivity contribution in [3.8, 4) is 0 Å². The van der Waals surface area contributed by atoms with Gasteiger partial charge in [0.15, 0.2) is 0 Å². The zero-order valence-electron chi connectivity index (χ0n) is 12.5. The first-order valence-electron chi connectivity index (χ1n) is 7.61. The standard InChI is InChI=1S/C15H27N3S/c1-4-16-13-9-7-5-6-8-10-14(13)19-15-11-12(2)17-18(15)3/h11,13-14,16H,4-10H2,1-3H3. The predicted molar refractivity (Wildman–Crippen MR) is 82.8 cm³/mol. The molecule has 1 heterocycles. The summed E-state index contributed by atoms with van der Waals surface area (Å²) in [6, 6.07) is 2.87. The van der Waals surface area contributed by atoms with Gasteiger partial charge in [0, 0.05) is 18.3 Å². The van der Waals surface area contributed by atoms with E-state index < -0.39 is 0 Å². The zero-order valence-corrected chi connectivity index (χ0v) is 13.3. The molecule has 1 aromatic rings. The molecule has 1 saturated carbocycles. The van der Waals surface area contributed by atoms with Crippen LogP contribution in [0.4, 0.5) is 0 Å². The van der Waals surface area contributed by atoms with E-state index in [1.165, 1.54) is 43.6 Å². The Bertz CT molecular complexity index is 389. The number of nitrogens with zero attached hydrogens (tertiary/aromatic N) is 2. The lowest BCUT2D eigenvalue weighted by Gasteiger charge is -2.29. The molecule has 19 heavy (non-hydrogen) atoms. The third-order valence-electron chi connectivity index (χ3n) is 3.90. The SMILES string of the molecule is CCNC1CCCCCCC1Sc1cc(C)nn1C. The summed E-state index contributed by atoms with van der Waals surface area (Å²) >= 11 is 2.02. The Hall–Kier alpha value is -0.480. The molecule has 0 aliphatic heterocycles. The summed E-state index contributed by atoms with van der Waals surface area (Å²) in [6.07, 6.45) is 8.20. The molecule has 1 aliphatic carbocycles. The van der Waals surface area contributed by atoms with Crippen molar-refractivity contribution in [1.29, 1.82) is 0 Å². The molecule has 1 aliphatic rings. The lowest BCUT2D eigenvalue weighted by Crippen LogP contribution is -2.38. The van der Waals surface area contributed by atoms with Crippen molar-refractivity contribution in [2.45, 2.75) is 68.7 Å². The second-order valence-electron chi connectivity index (χ2n) is 5.56. The summed E-state index contributed by atoms with van der Waals surface area (Å²) < 4.78 is 2.03. The number of hydrogen-bond donors (Lipinski definition) is 1. The molecular weight excluding hydrogens is 254 g/mol. The largest absolute Gasteiger partial charge is 0.313 e. The van der Waals surface area contributed by atoms with Gasteiger partial charge in [-0.3, -0.25) is 4.68 Å². The maximum Gasteiger partial charge on any atom is 0.0942 e. The molecule has 4 heteroatoms. The Morgan fingerprint density at radius 3 is 2.68 bits per heavy atom. The van der Waals surface area contributed by atoms with Gasteiger partial charge in [-0.05, 0) is 32.4 Å². The van der Waals surface area contributed by atoms with Crippen LogP contribution in [0.15, 0.2) is 11.1 Å². The van der Waals surface area contributed by atoms with Crippen LogP contribution in [0.2, 0.25) is 0 Å². The molecule has 1 aromatic heterocycles. The van der Waals surface area contributed by atoms with Crippen molar-refractivity contribution in [3.05, 3.63) is 11.8 Å². The molecule has 1 N–H and O–H groups in total. The Morgan fingerprint density at radius 1 is 1.32 bits per heavy atom. The monoisotopic (exact) mass is 281 g/mol. The molecule has 0 aromatic carbocycles. The Balaban J connectivity index is 2.05. The van der Waals surface area contributed by atoms with Crippen molar-refractivity contribution in [1.82, 2.24) is 15.1 Å². The number of thioether (sulfide) groups is 1. The first-order chi connectivity index (χ1) is 9.20. The molecule has 1 fully saturated rings. The zero-order chi connectivity index (χ0) is 13.7. The van der Waals surface area contributed by atoms with Crippen LogP contribution < -0.4 is 5.32 Å². The first kappa shape index (κ1) is 14.9. The smallest absolute Gasteiger partial charge is 0.0942 e. The van der Waals surface area contributed by atoms with E-state index in [9.17, 15) is 0 Å². The highest BCUT2D eigenvalue weighted by Gasteiger charge is 2.24. The van der Waals surface area contributed by atoms with Gasteiger partial charge in [0.2, 0.25) is 0 Å². The van der Waals surface area contributed by atoms with E-state index >= 15 is 0 Å². The van der Waals surface area contributed by atoms with Crippen LogP contribution in [0.3, 0.4) is 0 Å². The molecule has 0 saturated heterocycles. The van der Waals surface area contributed by atoms with Gasteiger partial charge in [0.1, 0.15) is 0 Å². The molecular formula is C15H27N3S. The van der Waals surface area contributed by atoms with E-state index in [0.29, 0.717) is 11.3 Å². The maximum atomic E-state index is 4.46. The molecule has 0 bridgehead atoms. The van der Waals surface area contributed by atoms with Gasteiger partial charge in [-0.1, -0.05) is 32.6 Å². The summed E-state index contributed by atoms with van der Waals surface area (Å²) in [5.74, 6) is 0. The first-order valence-corrected chi connectivity index (χ1v) is 8.49. The lowest BCUT2D eigenvalue weighted by atomic mass is 9.96. The number of aryl methyl sites for hydroxylation is 2. The van der Waals surface area contributed by atoms with Gasteiger partial charge in [-0.2, -0.15) is 5.10 Å². The number of hydrogen-bond acceptors (Lipinski definition) is 3. The predicted octanol–water partition coefficient (Wildman–Crippen LogP) is 3.52. The van der Waals surface area contributed by atoms with Gasteiger partial charge in [0.25, 0.3) is 0 Å². The summed E-state index contributed by atoms with van der Waals surface area (Å²) in [7, 11) is 2.06. The van der Waals surface area contributed by atoms with Crippen molar-refractivity contribution in [3.63, 3.8) is 0 Å². The van der Waals surface area contributed by atoms with E-state index in [1.54, 1.807) is 0 Å². The summed E-state index contributed by atoms with van der Waals surface area (Å²) in [4.78, 5) is 0. The van der Waals surface area contributed by atoms with Crippen LogP contribution in [0.5, 0.6) is 0 Å². The van der Waals surface area contributed by atoms with Crippen molar-refractivity contribution < 1.29 is 0 Å². The lowest BCUT2D eigenvalue weighted by molar-refractivity contribution is 0.405. The molecule has 108 valence electrons. The average Bonchev–Trinajstić information content (AvgIpc) is 2.66. The molecule has 2 rings (SSSR count). The summed E-state index contributed by atoms with van der Waals surface area (Å²) in [5, 5.41) is 10.2. The van der Waals surface area contributed by atoms with Crippen LogP contribution in [-0.4, -0.2) is 27.6 Å². The summed E-state index contributed by atoms with van der Waals surface area (Å²) in [6.45, 7) is 5.37. The van der Waals surface area contributed by atoms with Gasteiger partial charge in [0.05, 0.1) is 10.7 Å². The van der Waals surface area contributed by atoms with Gasteiger partial charge in [-0.25, -0.2) is 0 Å². The topological polar surface area (TPSA) is 29.9 Å². The highest BCUT2D eigenvalue weighted by molar-refractivity contribution is 7.99. The number of nitrogens with one attached hydrogen (secondary N) is 1. The van der Waals surface area contributed by atoms with Gasteiger partial charge < -0.3 is 5.32 Å². The number of rotatable bonds is 4. The third kappa shape index (κ3) is 4.25. The Morgan fingerprint density at radius 2 is 2.05 bits per heavy atom. The molecule has 2 atom stereocenters. The second-order valence-corrected chi connectivity index (χ2v) is 6.82. The van der Waals surface area contributed by atoms with Crippen LogP contribution in [0.1, 0.15) is 51.1 Å². The van der Waals surface area contributed by atoms with E-state index in [1.807, 2.05) is 16.4 Å². The molecule has 2 unspecified atom stereocenters. The minimum Gasteiger partial charge on any atom is -0.313 e. The van der Waals surface area contributed by atoms with Crippen molar-refractivity contribution >= 4 is 11.8 Å². The third-order valence-corrected chi connectivity index (χ3v) is 5.39. The van der Waals surface area contributed by atoms with E-state index in [0.717, 1.165) is 12.2 Å².